The Morgan fingerprint density at radius 1 is 1.00 bits per heavy atom. The zero-order valence-corrected chi connectivity index (χ0v) is 20.7. The highest BCUT2D eigenvalue weighted by Gasteiger charge is 2.17. The van der Waals surface area contributed by atoms with Crippen molar-refractivity contribution >= 4 is 23.2 Å². The number of carbonyl (C=O) groups excluding carboxylic acids is 1. The van der Waals surface area contributed by atoms with Crippen LogP contribution in [0, 0.1) is 19.8 Å². The summed E-state index contributed by atoms with van der Waals surface area (Å²) in [6, 6.07) is 20.6. The van der Waals surface area contributed by atoms with E-state index < -0.39 is 0 Å². The van der Waals surface area contributed by atoms with Gasteiger partial charge in [0.05, 0.1) is 24.3 Å². The Labute approximate surface area is 206 Å². The van der Waals surface area contributed by atoms with Crippen LogP contribution in [0.4, 0.5) is 0 Å². The normalized spacial score (nSPS) is 11.5. The molecule has 0 fully saturated rings. The van der Waals surface area contributed by atoms with E-state index in [1.54, 1.807) is 24.3 Å². The average Bonchev–Trinajstić information content (AvgIpc) is 2.84. The molecule has 0 bridgehead atoms. The Balaban J connectivity index is 1.64. The van der Waals surface area contributed by atoms with E-state index in [4.69, 9.17) is 21.7 Å². The van der Waals surface area contributed by atoms with Crippen molar-refractivity contribution in [3.8, 4) is 11.5 Å². The van der Waals surface area contributed by atoms with Crippen LogP contribution in [0.3, 0.4) is 0 Å². The van der Waals surface area contributed by atoms with Gasteiger partial charge < -0.3 is 19.9 Å². The standard InChI is InChI=1S/C28H31NO4S/c1-19-9-10-21(13-20(19)2)14-23(18-33-28(31)24-7-5-4-6-8-24)16-27(34)29-17-22-11-12-25(30)26(15-22)32-3/h4-13,15,23,30H,14,16-18H2,1-3H3,(H,29,34). The van der Waals surface area contributed by atoms with E-state index in [0.717, 1.165) is 12.0 Å². The highest BCUT2D eigenvalue weighted by molar-refractivity contribution is 7.80. The fourth-order valence-corrected chi connectivity index (χ4v) is 3.98. The van der Waals surface area contributed by atoms with E-state index in [1.807, 2.05) is 24.3 Å². The van der Waals surface area contributed by atoms with Gasteiger partial charge in [-0.3, -0.25) is 0 Å². The number of benzene rings is 3. The maximum Gasteiger partial charge on any atom is 0.338 e. The third-order valence-electron chi connectivity index (χ3n) is 5.76. The van der Waals surface area contributed by atoms with E-state index in [-0.39, 0.29) is 24.2 Å². The molecule has 0 saturated carbocycles. The largest absolute Gasteiger partial charge is 0.504 e. The highest BCUT2D eigenvalue weighted by Crippen LogP contribution is 2.26. The first-order chi connectivity index (χ1) is 16.4. The van der Waals surface area contributed by atoms with Crippen molar-refractivity contribution in [2.24, 2.45) is 5.92 Å². The number of aryl methyl sites for hydroxylation is 2. The van der Waals surface area contributed by atoms with Crippen LogP contribution < -0.4 is 10.1 Å². The van der Waals surface area contributed by atoms with Gasteiger partial charge in [-0.1, -0.05) is 54.7 Å². The van der Waals surface area contributed by atoms with Gasteiger partial charge >= 0.3 is 5.97 Å². The summed E-state index contributed by atoms with van der Waals surface area (Å²) in [5.74, 6) is 0.220. The zero-order chi connectivity index (χ0) is 24.5. The first kappa shape index (κ1) is 25.2. The van der Waals surface area contributed by atoms with Crippen LogP contribution in [0.1, 0.15) is 39.0 Å². The molecule has 1 atom stereocenters. The number of thiocarbonyl (C=S) groups is 1. The summed E-state index contributed by atoms with van der Waals surface area (Å²) in [6.07, 6.45) is 1.33. The summed E-state index contributed by atoms with van der Waals surface area (Å²) in [6.45, 7) is 4.97. The number of nitrogens with one attached hydrogen (secondary N) is 1. The van der Waals surface area contributed by atoms with Crippen LogP contribution >= 0.6 is 12.2 Å². The highest BCUT2D eigenvalue weighted by atomic mass is 32.1. The second kappa shape index (κ2) is 12.2. The minimum Gasteiger partial charge on any atom is -0.504 e. The molecular weight excluding hydrogens is 446 g/mol. The minimum absolute atomic E-state index is 0.0316. The third-order valence-corrected chi connectivity index (χ3v) is 6.07. The van der Waals surface area contributed by atoms with Gasteiger partial charge in [-0.2, -0.15) is 0 Å². The van der Waals surface area contributed by atoms with Crippen LogP contribution in [0.5, 0.6) is 11.5 Å². The van der Waals surface area contributed by atoms with Gasteiger partial charge in [-0.05, 0) is 66.8 Å². The number of aromatic hydroxyl groups is 1. The number of methoxy groups -OCH3 is 1. The summed E-state index contributed by atoms with van der Waals surface area (Å²) in [4.78, 5) is 13.2. The topological polar surface area (TPSA) is 67.8 Å². The van der Waals surface area contributed by atoms with E-state index in [0.29, 0.717) is 29.3 Å². The lowest BCUT2D eigenvalue weighted by Gasteiger charge is -2.19. The smallest absolute Gasteiger partial charge is 0.338 e. The summed E-state index contributed by atoms with van der Waals surface area (Å²) < 4.78 is 10.8. The molecule has 0 aliphatic carbocycles. The lowest BCUT2D eigenvalue weighted by atomic mass is 9.94. The number of hydrogen-bond donors (Lipinski definition) is 2. The van der Waals surface area contributed by atoms with Crippen LogP contribution in [0.2, 0.25) is 0 Å². The quantitative estimate of drug-likeness (QED) is 0.295. The molecule has 3 rings (SSSR count). The first-order valence-electron chi connectivity index (χ1n) is 11.3. The Morgan fingerprint density at radius 3 is 2.44 bits per heavy atom. The minimum atomic E-state index is -0.333. The number of phenolic OH excluding ortho intramolecular Hbond substituents is 1. The van der Waals surface area contributed by atoms with Crippen LogP contribution in [-0.2, 0) is 17.7 Å². The van der Waals surface area contributed by atoms with Crippen molar-refractivity contribution in [2.75, 3.05) is 13.7 Å². The Kier molecular flexibility index (Phi) is 9.05. The predicted molar refractivity (Wildman–Crippen MR) is 139 cm³/mol. The number of ether oxygens (including phenoxy) is 2. The summed E-state index contributed by atoms with van der Waals surface area (Å²) in [7, 11) is 1.52. The van der Waals surface area contributed by atoms with Crippen LogP contribution in [0.15, 0.2) is 66.7 Å². The van der Waals surface area contributed by atoms with Gasteiger partial charge in [-0.15, -0.1) is 0 Å². The summed E-state index contributed by atoms with van der Waals surface area (Å²) in [5, 5.41) is 13.1. The van der Waals surface area contributed by atoms with Gasteiger partial charge in [0, 0.05) is 18.9 Å². The molecule has 0 heterocycles. The van der Waals surface area contributed by atoms with E-state index >= 15 is 0 Å². The predicted octanol–water partition coefficient (Wildman–Crippen LogP) is 5.54. The monoisotopic (exact) mass is 477 g/mol. The molecule has 0 amide bonds. The molecule has 2 N–H and O–H groups in total. The molecule has 0 aromatic heterocycles. The molecule has 5 nitrogen and oxygen atoms in total. The number of rotatable bonds is 10. The maximum absolute atomic E-state index is 12.5. The molecule has 34 heavy (non-hydrogen) atoms. The second-order valence-corrected chi connectivity index (χ2v) is 8.93. The van der Waals surface area contributed by atoms with Gasteiger partial charge in [0.1, 0.15) is 0 Å². The zero-order valence-electron chi connectivity index (χ0n) is 19.8. The van der Waals surface area contributed by atoms with E-state index in [9.17, 15) is 9.90 Å². The van der Waals surface area contributed by atoms with Crippen molar-refractivity contribution in [1.82, 2.24) is 5.32 Å². The second-order valence-electron chi connectivity index (χ2n) is 8.44. The van der Waals surface area contributed by atoms with Crippen molar-refractivity contribution in [1.29, 1.82) is 0 Å². The van der Waals surface area contributed by atoms with E-state index in [1.165, 1.54) is 23.8 Å². The van der Waals surface area contributed by atoms with Gasteiger partial charge in [0.15, 0.2) is 11.5 Å². The van der Waals surface area contributed by atoms with Gasteiger partial charge in [0.25, 0.3) is 0 Å². The lowest BCUT2D eigenvalue weighted by Crippen LogP contribution is -2.27. The molecule has 0 aliphatic rings. The first-order valence-corrected chi connectivity index (χ1v) is 11.7. The number of phenols is 1. The summed E-state index contributed by atoms with van der Waals surface area (Å²) >= 11 is 5.62. The molecule has 1 unspecified atom stereocenters. The Bertz CT molecular complexity index is 1130. The fourth-order valence-electron chi connectivity index (χ4n) is 3.67. The molecular formula is C28H31NO4S. The molecule has 178 valence electrons. The number of carbonyl (C=O) groups is 1. The summed E-state index contributed by atoms with van der Waals surface area (Å²) in [5.41, 5.74) is 5.15. The maximum atomic E-state index is 12.5. The molecule has 3 aromatic rings. The number of hydrogen-bond acceptors (Lipinski definition) is 5. The molecule has 0 spiro atoms. The van der Waals surface area contributed by atoms with Gasteiger partial charge in [0.2, 0.25) is 0 Å². The lowest BCUT2D eigenvalue weighted by molar-refractivity contribution is 0.0442. The Morgan fingerprint density at radius 2 is 1.74 bits per heavy atom. The molecule has 3 aromatic carbocycles. The Hall–Kier alpha value is -3.38. The van der Waals surface area contributed by atoms with Crippen molar-refractivity contribution in [2.45, 2.75) is 33.2 Å². The molecule has 0 saturated heterocycles. The van der Waals surface area contributed by atoms with Gasteiger partial charge in [-0.25, -0.2) is 4.79 Å². The average molecular weight is 478 g/mol. The van der Waals surface area contributed by atoms with Crippen LogP contribution in [-0.4, -0.2) is 29.8 Å². The molecule has 6 heteroatoms. The SMILES string of the molecule is COc1cc(CNC(=S)CC(COC(=O)c2ccccc2)Cc2ccc(C)c(C)c2)ccc1O. The van der Waals surface area contributed by atoms with Crippen LogP contribution in [0.25, 0.3) is 0 Å². The van der Waals surface area contributed by atoms with Crippen molar-refractivity contribution in [3.05, 3.63) is 94.5 Å². The third kappa shape index (κ3) is 7.32. The molecule has 0 aliphatic heterocycles. The fraction of sp³-hybridized carbons (Fsp3) is 0.286. The van der Waals surface area contributed by atoms with E-state index in [2.05, 4.69) is 37.4 Å². The number of esters is 1. The molecule has 0 radical (unpaired) electrons. The van der Waals surface area contributed by atoms with Crippen molar-refractivity contribution in [3.63, 3.8) is 0 Å². The van der Waals surface area contributed by atoms with Crippen molar-refractivity contribution < 1.29 is 19.4 Å².